The summed E-state index contributed by atoms with van der Waals surface area (Å²) in [6, 6.07) is 4.76. The van der Waals surface area contributed by atoms with Gasteiger partial charge in [-0.2, -0.15) is 0 Å². The van der Waals surface area contributed by atoms with E-state index in [4.69, 9.17) is 11.6 Å². The molecule has 3 aliphatic rings. The Labute approximate surface area is 144 Å². The topological polar surface area (TPSA) is 60.9 Å². The Kier molecular flexibility index (Phi) is 3.19. The fourth-order valence-electron chi connectivity index (χ4n) is 4.46. The normalized spacial score (nSPS) is 25.4. The van der Waals surface area contributed by atoms with Crippen molar-refractivity contribution in [2.75, 3.05) is 25.5 Å². The molecule has 24 heavy (non-hydrogen) atoms. The van der Waals surface area contributed by atoms with Gasteiger partial charge in [0.15, 0.2) is 5.41 Å². The van der Waals surface area contributed by atoms with Crippen LogP contribution in [0, 0.1) is 5.41 Å². The van der Waals surface area contributed by atoms with Crippen LogP contribution in [0.1, 0.15) is 18.4 Å². The Bertz CT molecular complexity index is 754. The van der Waals surface area contributed by atoms with Gasteiger partial charge < -0.3 is 4.90 Å². The highest BCUT2D eigenvalue weighted by atomic mass is 35.5. The minimum Gasteiger partial charge on any atom is -0.367 e. The lowest BCUT2D eigenvalue weighted by molar-refractivity contribution is -0.159. The highest BCUT2D eigenvalue weighted by Crippen LogP contribution is 2.49. The lowest BCUT2D eigenvalue weighted by Crippen LogP contribution is -2.70. The highest BCUT2D eigenvalue weighted by molar-refractivity contribution is 6.31. The molecule has 0 bridgehead atoms. The van der Waals surface area contributed by atoms with Crippen LogP contribution in [0.2, 0.25) is 5.02 Å². The number of nitrogens with zero attached hydrogens (tertiary/aromatic N) is 3. The third kappa shape index (κ3) is 1.75. The minimum atomic E-state index is -1.23. The van der Waals surface area contributed by atoms with E-state index in [1.165, 1.54) is 14.1 Å². The second-order valence-corrected chi connectivity index (χ2v) is 7.22. The molecule has 1 aromatic rings. The summed E-state index contributed by atoms with van der Waals surface area (Å²) in [7, 11) is 2.90. The van der Waals surface area contributed by atoms with Crippen molar-refractivity contribution in [2.24, 2.45) is 5.41 Å². The van der Waals surface area contributed by atoms with E-state index < -0.39 is 23.3 Å². The van der Waals surface area contributed by atoms with Crippen LogP contribution in [0.3, 0.4) is 0 Å². The lowest BCUT2D eigenvalue weighted by atomic mass is 9.68. The number of hydrogen-bond acceptors (Lipinski definition) is 4. The number of hydrogen-bond donors (Lipinski definition) is 0. The van der Waals surface area contributed by atoms with Crippen molar-refractivity contribution in [3.63, 3.8) is 0 Å². The largest absolute Gasteiger partial charge is 0.367 e. The average molecular weight is 348 g/mol. The molecule has 1 atom stereocenters. The first-order valence-corrected chi connectivity index (χ1v) is 8.41. The summed E-state index contributed by atoms with van der Waals surface area (Å²) in [5.74, 6) is -0.791. The van der Waals surface area contributed by atoms with Crippen LogP contribution < -0.4 is 4.90 Å². The molecule has 4 amide bonds. The number of halogens is 1. The first-order chi connectivity index (χ1) is 11.4. The van der Waals surface area contributed by atoms with E-state index in [9.17, 15) is 14.4 Å². The van der Waals surface area contributed by atoms with E-state index in [1.807, 2.05) is 12.1 Å². The van der Waals surface area contributed by atoms with Crippen LogP contribution in [0.5, 0.6) is 0 Å². The fourth-order valence-corrected chi connectivity index (χ4v) is 4.63. The van der Waals surface area contributed by atoms with E-state index in [0.717, 1.165) is 40.4 Å². The third-order valence-electron chi connectivity index (χ3n) is 5.59. The molecule has 4 rings (SSSR count). The number of fused-ring (bicyclic) bond motifs is 4. The molecule has 126 valence electrons. The molecule has 0 unspecified atom stereocenters. The zero-order valence-corrected chi connectivity index (χ0v) is 14.3. The van der Waals surface area contributed by atoms with Gasteiger partial charge >= 0.3 is 6.03 Å². The number of carbonyl (C=O) groups is 3. The summed E-state index contributed by atoms with van der Waals surface area (Å²) in [6.45, 7) is 0.779. The van der Waals surface area contributed by atoms with Crippen molar-refractivity contribution in [2.45, 2.75) is 25.3 Å². The molecule has 0 aliphatic carbocycles. The molecule has 6 nitrogen and oxygen atoms in total. The molecule has 3 heterocycles. The average Bonchev–Trinajstić information content (AvgIpc) is 3.07. The molecule has 0 aromatic heterocycles. The van der Waals surface area contributed by atoms with Gasteiger partial charge in [-0.05, 0) is 37.0 Å². The van der Waals surface area contributed by atoms with Crippen molar-refractivity contribution < 1.29 is 14.4 Å². The summed E-state index contributed by atoms with van der Waals surface area (Å²) >= 11 is 6.15. The van der Waals surface area contributed by atoms with Crippen molar-refractivity contribution in [1.82, 2.24) is 9.80 Å². The maximum Gasteiger partial charge on any atom is 0.332 e. The van der Waals surface area contributed by atoms with Gasteiger partial charge in [-0.3, -0.25) is 19.4 Å². The van der Waals surface area contributed by atoms with E-state index in [0.29, 0.717) is 11.4 Å². The van der Waals surface area contributed by atoms with Gasteiger partial charge in [0, 0.05) is 31.4 Å². The van der Waals surface area contributed by atoms with Gasteiger partial charge in [0.05, 0.1) is 6.04 Å². The number of anilines is 1. The first kappa shape index (κ1) is 15.4. The van der Waals surface area contributed by atoms with Crippen molar-refractivity contribution in [1.29, 1.82) is 0 Å². The van der Waals surface area contributed by atoms with Crippen LogP contribution in [0.15, 0.2) is 18.2 Å². The van der Waals surface area contributed by atoms with Gasteiger partial charge in [-0.1, -0.05) is 17.7 Å². The summed E-state index contributed by atoms with van der Waals surface area (Å²) in [5.41, 5.74) is 0.697. The number of barbiturate groups is 1. The number of benzene rings is 1. The summed E-state index contributed by atoms with van der Waals surface area (Å²) in [5, 5.41) is 0.640. The van der Waals surface area contributed by atoms with Gasteiger partial charge in [-0.15, -0.1) is 0 Å². The van der Waals surface area contributed by atoms with Gasteiger partial charge in [0.2, 0.25) is 11.8 Å². The van der Waals surface area contributed by atoms with Gasteiger partial charge in [-0.25, -0.2) is 4.79 Å². The Morgan fingerprint density at radius 3 is 2.46 bits per heavy atom. The van der Waals surface area contributed by atoms with Gasteiger partial charge in [0.1, 0.15) is 0 Å². The molecule has 2 fully saturated rings. The smallest absolute Gasteiger partial charge is 0.332 e. The fraction of sp³-hybridized carbons (Fsp3) is 0.471. The summed E-state index contributed by atoms with van der Waals surface area (Å²) < 4.78 is 0. The van der Waals surface area contributed by atoms with E-state index in [2.05, 4.69) is 4.90 Å². The first-order valence-electron chi connectivity index (χ1n) is 8.03. The van der Waals surface area contributed by atoms with Crippen LogP contribution in [-0.2, 0) is 16.0 Å². The van der Waals surface area contributed by atoms with Crippen molar-refractivity contribution in [3.8, 4) is 0 Å². The van der Waals surface area contributed by atoms with Crippen LogP contribution in [-0.4, -0.2) is 54.3 Å². The standard InChI is InChI=1S/C17H18ClN3O3/c1-19-14(22)17(15(23)20(2)16(19)24)9-10-5-6-11(18)8-12(10)21-7-3-4-13(17)21/h5-6,8,13H,3-4,7,9H2,1-2H3/t13-/m0/s1. The molecule has 0 radical (unpaired) electrons. The van der Waals surface area contributed by atoms with Crippen molar-refractivity contribution >= 4 is 35.1 Å². The number of carbonyl (C=O) groups excluding carboxylic acids is 3. The predicted octanol–water partition coefficient (Wildman–Crippen LogP) is 1.90. The Morgan fingerprint density at radius 1 is 1.12 bits per heavy atom. The van der Waals surface area contributed by atoms with E-state index in [-0.39, 0.29) is 6.04 Å². The quantitative estimate of drug-likeness (QED) is 0.672. The summed E-state index contributed by atoms with van der Waals surface area (Å²) in [6.07, 6.45) is 1.96. The monoisotopic (exact) mass is 347 g/mol. The predicted molar refractivity (Wildman–Crippen MR) is 88.9 cm³/mol. The van der Waals surface area contributed by atoms with Gasteiger partial charge in [0.25, 0.3) is 0 Å². The molecule has 0 N–H and O–H groups in total. The number of amides is 4. The molecular formula is C17H18ClN3O3. The van der Waals surface area contributed by atoms with Crippen LogP contribution >= 0.6 is 11.6 Å². The molecule has 0 saturated carbocycles. The third-order valence-corrected chi connectivity index (χ3v) is 5.83. The number of urea groups is 1. The molecule has 3 aliphatic heterocycles. The molecule has 1 spiro atoms. The highest BCUT2D eigenvalue weighted by Gasteiger charge is 2.63. The van der Waals surface area contributed by atoms with Crippen LogP contribution in [0.25, 0.3) is 0 Å². The molecule has 2 saturated heterocycles. The lowest BCUT2D eigenvalue weighted by Gasteiger charge is -2.50. The second kappa shape index (κ2) is 4.96. The minimum absolute atomic E-state index is 0.235. The van der Waals surface area contributed by atoms with E-state index in [1.54, 1.807) is 6.07 Å². The molecule has 1 aromatic carbocycles. The summed E-state index contributed by atoms with van der Waals surface area (Å²) in [4.78, 5) is 42.6. The number of imide groups is 2. The van der Waals surface area contributed by atoms with Crippen molar-refractivity contribution in [3.05, 3.63) is 28.8 Å². The molecular weight excluding hydrogens is 330 g/mol. The SMILES string of the molecule is CN1C(=O)N(C)C(=O)C2(Cc3ccc(Cl)cc3N3CCC[C@H]32)C1=O. The maximum absolute atomic E-state index is 13.1. The molecule has 7 heteroatoms. The Hall–Kier alpha value is -2.08. The zero-order valence-electron chi connectivity index (χ0n) is 13.6. The Balaban J connectivity index is 1.91. The number of rotatable bonds is 0. The Morgan fingerprint density at radius 2 is 1.79 bits per heavy atom. The van der Waals surface area contributed by atoms with Crippen LogP contribution in [0.4, 0.5) is 10.5 Å². The zero-order chi connectivity index (χ0) is 17.2. The van der Waals surface area contributed by atoms with E-state index >= 15 is 0 Å². The maximum atomic E-state index is 13.1. The second-order valence-electron chi connectivity index (χ2n) is 6.78.